The average molecular weight is 187 g/mol. The van der Waals surface area contributed by atoms with Gasteiger partial charge in [-0.05, 0) is 32.7 Å². The van der Waals surface area contributed by atoms with Crippen LogP contribution in [0.3, 0.4) is 0 Å². The summed E-state index contributed by atoms with van der Waals surface area (Å²) in [6.07, 6.45) is 2.51. The minimum atomic E-state index is -0.126. The van der Waals surface area contributed by atoms with Gasteiger partial charge >= 0.3 is 5.97 Å². The van der Waals surface area contributed by atoms with E-state index >= 15 is 0 Å². The van der Waals surface area contributed by atoms with Crippen molar-refractivity contribution in [3.05, 3.63) is 0 Å². The summed E-state index contributed by atoms with van der Waals surface area (Å²) in [7, 11) is 0. The zero-order valence-corrected chi connectivity index (χ0v) is 8.88. The van der Waals surface area contributed by atoms with Crippen LogP contribution in [-0.2, 0) is 9.53 Å². The standard InChI is InChI=1S/C10H21NO2/c1-4-5-9(7-11)6-10(12)13-8(2)3/h8-9H,4-7,11H2,1-3H3. The summed E-state index contributed by atoms with van der Waals surface area (Å²) in [6, 6.07) is 0. The van der Waals surface area contributed by atoms with Crippen molar-refractivity contribution in [2.24, 2.45) is 11.7 Å². The smallest absolute Gasteiger partial charge is 0.306 e. The SMILES string of the molecule is CCCC(CN)CC(=O)OC(C)C. The van der Waals surface area contributed by atoms with E-state index in [1.807, 2.05) is 13.8 Å². The molecule has 0 rings (SSSR count). The molecule has 0 fully saturated rings. The summed E-state index contributed by atoms with van der Waals surface area (Å²) in [6.45, 7) is 6.38. The minimum Gasteiger partial charge on any atom is -0.463 e. The number of rotatable bonds is 6. The second-order valence-electron chi connectivity index (χ2n) is 3.63. The molecular weight excluding hydrogens is 166 g/mol. The van der Waals surface area contributed by atoms with Gasteiger partial charge in [-0.25, -0.2) is 0 Å². The van der Waals surface area contributed by atoms with Gasteiger partial charge < -0.3 is 10.5 Å². The van der Waals surface area contributed by atoms with Crippen molar-refractivity contribution in [3.63, 3.8) is 0 Å². The van der Waals surface area contributed by atoms with E-state index < -0.39 is 0 Å². The van der Waals surface area contributed by atoms with Crippen molar-refractivity contribution >= 4 is 5.97 Å². The van der Waals surface area contributed by atoms with Gasteiger partial charge in [-0.1, -0.05) is 13.3 Å². The van der Waals surface area contributed by atoms with E-state index in [1.54, 1.807) is 0 Å². The molecule has 3 nitrogen and oxygen atoms in total. The van der Waals surface area contributed by atoms with E-state index in [0.29, 0.717) is 13.0 Å². The van der Waals surface area contributed by atoms with Gasteiger partial charge in [0, 0.05) is 6.42 Å². The van der Waals surface area contributed by atoms with Gasteiger partial charge in [0.25, 0.3) is 0 Å². The molecule has 0 amide bonds. The largest absolute Gasteiger partial charge is 0.463 e. The average Bonchev–Trinajstić information content (AvgIpc) is 2.02. The van der Waals surface area contributed by atoms with Crippen LogP contribution in [0.2, 0.25) is 0 Å². The molecule has 3 heteroatoms. The van der Waals surface area contributed by atoms with Crippen LogP contribution >= 0.6 is 0 Å². The van der Waals surface area contributed by atoms with Crippen molar-refractivity contribution < 1.29 is 9.53 Å². The first-order valence-corrected chi connectivity index (χ1v) is 4.99. The first-order chi connectivity index (χ1) is 6.10. The van der Waals surface area contributed by atoms with Crippen molar-refractivity contribution in [2.75, 3.05) is 6.54 Å². The Labute approximate surface area is 80.6 Å². The van der Waals surface area contributed by atoms with Crippen LogP contribution in [0.1, 0.15) is 40.0 Å². The number of hydrogen-bond acceptors (Lipinski definition) is 3. The first-order valence-electron chi connectivity index (χ1n) is 4.99. The van der Waals surface area contributed by atoms with E-state index in [-0.39, 0.29) is 18.0 Å². The molecule has 0 aromatic heterocycles. The lowest BCUT2D eigenvalue weighted by molar-refractivity contribution is -0.148. The highest BCUT2D eigenvalue weighted by Crippen LogP contribution is 2.10. The highest BCUT2D eigenvalue weighted by Gasteiger charge is 2.13. The van der Waals surface area contributed by atoms with Crippen LogP contribution in [-0.4, -0.2) is 18.6 Å². The molecule has 0 bridgehead atoms. The van der Waals surface area contributed by atoms with E-state index in [1.165, 1.54) is 0 Å². The number of ether oxygens (including phenoxy) is 1. The van der Waals surface area contributed by atoms with Gasteiger partial charge in [-0.2, -0.15) is 0 Å². The van der Waals surface area contributed by atoms with Gasteiger partial charge in [0.05, 0.1) is 6.10 Å². The molecule has 13 heavy (non-hydrogen) atoms. The highest BCUT2D eigenvalue weighted by molar-refractivity contribution is 5.69. The molecule has 78 valence electrons. The van der Waals surface area contributed by atoms with E-state index in [9.17, 15) is 4.79 Å². The van der Waals surface area contributed by atoms with Crippen molar-refractivity contribution in [1.29, 1.82) is 0 Å². The van der Waals surface area contributed by atoms with Crippen molar-refractivity contribution in [2.45, 2.75) is 46.1 Å². The van der Waals surface area contributed by atoms with Gasteiger partial charge in [-0.15, -0.1) is 0 Å². The third-order valence-corrected chi connectivity index (χ3v) is 1.85. The molecule has 0 radical (unpaired) electrons. The molecule has 0 aliphatic carbocycles. The van der Waals surface area contributed by atoms with Crippen LogP contribution < -0.4 is 5.73 Å². The van der Waals surface area contributed by atoms with Gasteiger partial charge in [0.15, 0.2) is 0 Å². The van der Waals surface area contributed by atoms with Gasteiger partial charge in [0.2, 0.25) is 0 Å². The lowest BCUT2D eigenvalue weighted by atomic mass is 10.0. The zero-order chi connectivity index (χ0) is 10.3. The maximum Gasteiger partial charge on any atom is 0.306 e. The molecule has 0 saturated carbocycles. The number of hydrogen-bond donors (Lipinski definition) is 1. The summed E-state index contributed by atoms with van der Waals surface area (Å²) in [5.41, 5.74) is 5.53. The predicted molar refractivity (Wildman–Crippen MR) is 53.3 cm³/mol. The molecule has 0 spiro atoms. The lowest BCUT2D eigenvalue weighted by Crippen LogP contribution is -2.21. The molecule has 0 saturated heterocycles. The zero-order valence-electron chi connectivity index (χ0n) is 8.88. The lowest BCUT2D eigenvalue weighted by Gasteiger charge is -2.14. The fraction of sp³-hybridized carbons (Fsp3) is 0.900. The van der Waals surface area contributed by atoms with Gasteiger partial charge in [-0.3, -0.25) is 4.79 Å². The first kappa shape index (κ1) is 12.4. The molecule has 0 aromatic rings. The Hall–Kier alpha value is -0.570. The fourth-order valence-corrected chi connectivity index (χ4v) is 1.26. The van der Waals surface area contributed by atoms with E-state index in [0.717, 1.165) is 12.8 Å². The maximum atomic E-state index is 11.2. The summed E-state index contributed by atoms with van der Waals surface area (Å²) in [5, 5.41) is 0. The molecule has 0 aromatic carbocycles. The van der Waals surface area contributed by atoms with Crippen LogP contribution in [0.15, 0.2) is 0 Å². The van der Waals surface area contributed by atoms with Crippen LogP contribution in [0.4, 0.5) is 0 Å². The monoisotopic (exact) mass is 187 g/mol. The molecule has 0 aliphatic rings. The highest BCUT2D eigenvalue weighted by atomic mass is 16.5. The summed E-state index contributed by atoms with van der Waals surface area (Å²) >= 11 is 0. The van der Waals surface area contributed by atoms with Crippen molar-refractivity contribution in [1.82, 2.24) is 0 Å². The van der Waals surface area contributed by atoms with Crippen LogP contribution in [0, 0.1) is 5.92 Å². The summed E-state index contributed by atoms with van der Waals surface area (Å²) in [5.74, 6) is 0.162. The number of carbonyl (C=O) groups is 1. The third kappa shape index (κ3) is 6.58. The third-order valence-electron chi connectivity index (χ3n) is 1.85. The van der Waals surface area contributed by atoms with Crippen molar-refractivity contribution in [3.8, 4) is 0 Å². The molecule has 2 N–H and O–H groups in total. The predicted octanol–water partition coefficient (Wildman–Crippen LogP) is 1.70. The maximum absolute atomic E-state index is 11.2. The Bertz CT molecular complexity index is 146. The Morgan fingerprint density at radius 2 is 2.08 bits per heavy atom. The van der Waals surface area contributed by atoms with Crippen LogP contribution in [0.5, 0.6) is 0 Å². The molecule has 0 heterocycles. The topological polar surface area (TPSA) is 52.3 Å². The minimum absolute atomic E-state index is 0.0208. The fourth-order valence-electron chi connectivity index (χ4n) is 1.26. The molecule has 0 aliphatic heterocycles. The van der Waals surface area contributed by atoms with E-state index in [4.69, 9.17) is 10.5 Å². The Balaban J connectivity index is 3.73. The summed E-state index contributed by atoms with van der Waals surface area (Å²) in [4.78, 5) is 11.2. The van der Waals surface area contributed by atoms with Crippen LogP contribution in [0.25, 0.3) is 0 Å². The Morgan fingerprint density at radius 3 is 2.46 bits per heavy atom. The second kappa shape index (κ2) is 6.89. The Kier molecular flexibility index (Phi) is 6.59. The summed E-state index contributed by atoms with van der Waals surface area (Å²) < 4.78 is 5.03. The molecular formula is C10H21NO2. The number of nitrogens with two attached hydrogens (primary N) is 1. The second-order valence-corrected chi connectivity index (χ2v) is 3.63. The quantitative estimate of drug-likeness (QED) is 0.644. The normalized spacial score (nSPS) is 13.0. The number of carbonyl (C=O) groups excluding carboxylic acids is 1. The Morgan fingerprint density at radius 1 is 1.46 bits per heavy atom. The van der Waals surface area contributed by atoms with E-state index in [2.05, 4.69) is 6.92 Å². The number of esters is 1. The molecule has 1 atom stereocenters. The molecule has 1 unspecified atom stereocenters. The van der Waals surface area contributed by atoms with Gasteiger partial charge in [0.1, 0.15) is 0 Å².